The first-order chi connectivity index (χ1) is 25.3. The third kappa shape index (κ3) is 5.04. The van der Waals surface area contributed by atoms with Crippen LogP contribution in [0.3, 0.4) is 0 Å². The van der Waals surface area contributed by atoms with E-state index in [1.165, 1.54) is 32.6 Å². The fourth-order valence-electron chi connectivity index (χ4n) is 7.34. The summed E-state index contributed by atoms with van der Waals surface area (Å²) in [6, 6.07) is 61.9. The van der Waals surface area contributed by atoms with E-state index >= 15 is 0 Å². The Morgan fingerprint density at radius 2 is 0.980 bits per heavy atom. The molecule has 0 spiro atoms. The number of para-hydroxylation sites is 3. The van der Waals surface area contributed by atoms with Crippen LogP contribution in [0.4, 0.5) is 0 Å². The Hall–Kier alpha value is -6.91. The largest absolute Gasteiger partial charge is 0.309 e. The van der Waals surface area contributed by atoms with Gasteiger partial charge in [-0.1, -0.05) is 133 Å². The highest BCUT2D eigenvalue weighted by Gasteiger charge is 2.15. The van der Waals surface area contributed by atoms with Crippen molar-refractivity contribution in [2.24, 2.45) is 0 Å². The van der Waals surface area contributed by atoms with Gasteiger partial charge in [-0.25, -0.2) is 9.97 Å². The van der Waals surface area contributed by atoms with Crippen molar-refractivity contribution in [1.29, 1.82) is 0 Å². The van der Waals surface area contributed by atoms with Crippen LogP contribution >= 0.6 is 0 Å². The molecule has 51 heavy (non-hydrogen) atoms. The van der Waals surface area contributed by atoms with Gasteiger partial charge < -0.3 is 4.57 Å². The Kier molecular flexibility index (Phi) is 6.78. The zero-order valence-electron chi connectivity index (χ0n) is 27.6. The molecule has 0 unspecified atom stereocenters. The van der Waals surface area contributed by atoms with E-state index in [1.807, 2.05) is 12.3 Å². The van der Waals surface area contributed by atoms with Gasteiger partial charge in [0.25, 0.3) is 0 Å². The van der Waals surface area contributed by atoms with Gasteiger partial charge in [-0.2, -0.15) is 0 Å². The fourth-order valence-corrected chi connectivity index (χ4v) is 7.34. The maximum Gasteiger partial charge on any atom is 0.160 e. The minimum atomic E-state index is 0.685. The summed E-state index contributed by atoms with van der Waals surface area (Å²) in [7, 11) is 0. The number of hydrogen-bond acceptors (Lipinski definition) is 3. The number of benzene rings is 7. The van der Waals surface area contributed by atoms with Gasteiger partial charge in [0.2, 0.25) is 0 Å². The summed E-state index contributed by atoms with van der Waals surface area (Å²) in [5.74, 6) is 0.685. The Morgan fingerprint density at radius 1 is 0.392 bits per heavy atom. The lowest BCUT2D eigenvalue weighted by atomic mass is 10.00. The standard InChI is InChI=1S/C47H30N4/c1-2-10-36-29-37(23-18-31(36)9-1)43-30-42(33-24-26-38(27-25-33)51-44-16-5-3-13-40(44)41-14-4-6-17-45(41)51)49-47(50-43)35-21-19-32(20-22-35)39-15-7-11-34-12-8-28-48-46(34)39/h1-30H. The molecule has 4 nitrogen and oxygen atoms in total. The maximum atomic E-state index is 5.18. The van der Waals surface area contributed by atoms with Gasteiger partial charge >= 0.3 is 0 Å². The molecule has 0 amide bonds. The molecule has 7 aromatic carbocycles. The first-order valence-corrected chi connectivity index (χ1v) is 17.2. The molecule has 0 aliphatic heterocycles. The average Bonchev–Trinajstić information content (AvgIpc) is 3.55. The SMILES string of the molecule is c1ccc2cc(-c3cc(-c4ccc(-n5c6ccccc6c6ccccc65)cc4)nc(-c4ccc(-c5cccc6cccnc56)cc4)n3)ccc2c1. The van der Waals surface area contributed by atoms with Crippen molar-refractivity contribution in [2.75, 3.05) is 0 Å². The molecule has 3 heterocycles. The minimum absolute atomic E-state index is 0.685. The van der Waals surface area contributed by atoms with Gasteiger partial charge in [-0.3, -0.25) is 4.98 Å². The lowest BCUT2D eigenvalue weighted by Crippen LogP contribution is -1.97. The van der Waals surface area contributed by atoms with Crippen LogP contribution in [0.2, 0.25) is 0 Å². The summed E-state index contributed by atoms with van der Waals surface area (Å²) in [6.07, 6.45) is 1.85. The van der Waals surface area contributed by atoms with E-state index in [9.17, 15) is 0 Å². The Balaban J connectivity index is 1.09. The molecule has 10 rings (SSSR count). The second-order valence-corrected chi connectivity index (χ2v) is 12.9. The van der Waals surface area contributed by atoms with Crippen LogP contribution in [0, 0.1) is 0 Å². The lowest BCUT2D eigenvalue weighted by Gasteiger charge is -2.12. The van der Waals surface area contributed by atoms with Gasteiger partial charge in [0.1, 0.15) is 0 Å². The summed E-state index contributed by atoms with van der Waals surface area (Å²) < 4.78 is 2.34. The van der Waals surface area contributed by atoms with Crippen molar-refractivity contribution < 1.29 is 0 Å². The van der Waals surface area contributed by atoms with E-state index < -0.39 is 0 Å². The normalized spacial score (nSPS) is 11.5. The van der Waals surface area contributed by atoms with E-state index in [-0.39, 0.29) is 0 Å². The number of fused-ring (bicyclic) bond motifs is 5. The highest BCUT2D eigenvalue weighted by atomic mass is 15.0. The Labute approximate surface area is 295 Å². The number of nitrogens with zero attached hydrogens (tertiary/aromatic N) is 4. The van der Waals surface area contributed by atoms with Crippen molar-refractivity contribution in [3.05, 3.63) is 182 Å². The molecular weight excluding hydrogens is 621 g/mol. The predicted molar refractivity (Wildman–Crippen MR) is 211 cm³/mol. The van der Waals surface area contributed by atoms with Crippen molar-refractivity contribution in [3.63, 3.8) is 0 Å². The summed E-state index contributed by atoms with van der Waals surface area (Å²) >= 11 is 0. The van der Waals surface area contributed by atoms with Gasteiger partial charge in [-0.05, 0) is 58.8 Å². The zero-order valence-corrected chi connectivity index (χ0v) is 27.6. The van der Waals surface area contributed by atoms with Crippen molar-refractivity contribution in [3.8, 4) is 50.7 Å². The van der Waals surface area contributed by atoms with E-state index in [0.717, 1.165) is 55.8 Å². The zero-order chi connectivity index (χ0) is 33.7. The first kappa shape index (κ1) is 29.0. The topological polar surface area (TPSA) is 43.6 Å². The highest BCUT2D eigenvalue weighted by molar-refractivity contribution is 6.09. The lowest BCUT2D eigenvalue weighted by molar-refractivity contribution is 1.17. The number of aromatic nitrogens is 4. The van der Waals surface area contributed by atoms with Crippen LogP contribution in [-0.4, -0.2) is 19.5 Å². The molecule has 238 valence electrons. The molecule has 0 aliphatic rings. The molecule has 3 aromatic heterocycles. The molecule has 10 aromatic rings. The Bertz CT molecular complexity index is 2850. The van der Waals surface area contributed by atoms with Crippen LogP contribution in [0.1, 0.15) is 0 Å². The number of hydrogen-bond donors (Lipinski definition) is 0. The minimum Gasteiger partial charge on any atom is -0.309 e. The van der Waals surface area contributed by atoms with Crippen LogP contribution in [-0.2, 0) is 0 Å². The van der Waals surface area contributed by atoms with Crippen molar-refractivity contribution >= 4 is 43.5 Å². The predicted octanol–water partition coefficient (Wildman–Crippen LogP) is 11.9. The summed E-state index contributed by atoms with van der Waals surface area (Å²) in [5, 5.41) is 6.01. The molecule has 0 fully saturated rings. The molecule has 0 bridgehead atoms. The quantitative estimate of drug-likeness (QED) is 0.186. The molecule has 0 radical (unpaired) electrons. The molecule has 4 heteroatoms. The van der Waals surface area contributed by atoms with Crippen LogP contribution in [0.15, 0.2) is 182 Å². The van der Waals surface area contributed by atoms with E-state index in [0.29, 0.717) is 5.82 Å². The second-order valence-electron chi connectivity index (χ2n) is 12.9. The molecule has 0 aliphatic carbocycles. The number of pyridine rings is 1. The molecule has 0 N–H and O–H groups in total. The van der Waals surface area contributed by atoms with Crippen molar-refractivity contribution in [1.82, 2.24) is 19.5 Å². The molecule has 0 saturated carbocycles. The third-order valence-electron chi connectivity index (χ3n) is 9.86. The molecule has 0 saturated heterocycles. The highest BCUT2D eigenvalue weighted by Crippen LogP contribution is 2.35. The molecular formula is C47H30N4. The second kappa shape index (κ2) is 11.9. The number of rotatable bonds is 5. The van der Waals surface area contributed by atoms with Crippen molar-refractivity contribution in [2.45, 2.75) is 0 Å². The van der Waals surface area contributed by atoms with Gasteiger partial charge in [0, 0.05) is 50.3 Å². The van der Waals surface area contributed by atoms with E-state index in [2.05, 4.69) is 179 Å². The van der Waals surface area contributed by atoms with Crippen LogP contribution in [0.25, 0.3) is 94.2 Å². The third-order valence-corrected chi connectivity index (χ3v) is 9.86. The summed E-state index contributed by atoms with van der Waals surface area (Å²) in [6.45, 7) is 0. The van der Waals surface area contributed by atoms with E-state index in [4.69, 9.17) is 9.97 Å². The molecule has 0 atom stereocenters. The van der Waals surface area contributed by atoms with Gasteiger partial charge in [-0.15, -0.1) is 0 Å². The first-order valence-electron chi connectivity index (χ1n) is 17.2. The fraction of sp³-hybridized carbons (Fsp3) is 0. The van der Waals surface area contributed by atoms with E-state index in [1.54, 1.807) is 0 Å². The van der Waals surface area contributed by atoms with Gasteiger partial charge in [0.15, 0.2) is 5.82 Å². The summed E-state index contributed by atoms with van der Waals surface area (Å²) in [4.78, 5) is 15.0. The monoisotopic (exact) mass is 650 g/mol. The Morgan fingerprint density at radius 3 is 1.75 bits per heavy atom. The summed E-state index contributed by atoms with van der Waals surface area (Å²) in [5.41, 5.74) is 11.5. The smallest absolute Gasteiger partial charge is 0.160 e. The average molecular weight is 651 g/mol. The van der Waals surface area contributed by atoms with Crippen LogP contribution in [0.5, 0.6) is 0 Å². The van der Waals surface area contributed by atoms with Gasteiger partial charge in [0.05, 0.1) is 27.9 Å². The van der Waals surface area contributed by atoms with Crippen LogP contribution < -0.4 is 0 Å². The maximum absolute atomic E-state index is 5.18.